The van der Waals surface area contributed by atoms with Gasteiger partial charge in [-0.2, -0.15) is 13.2 Å². The molecule has 1 heterocycles. The predicted molar refractivity (Wildman–Crippen MR) is 121 cm³/mol. The topological polar surface area (TPSA) is 15.7 Å². The lowest BCUT2D eigenvalue weighted by Crippen LogP contribution is -2.51. The average molecular weight is 441 g/mol. The highest BCUT2D eigenvalue weighted by molar-refractivity contribution is 5.46. The van der Waals surface area contributed by atoms with Crippen molar-refractivity contribution in [3.05, 3.63) is 95.6 Å². The van der Waals surface area contributed by atoms with E-state index in [0.29, 0.717) is 17.4 Å². The van der Waals surface area contributed by atoms with Crippen molar-refractivity contribution in [3.8, 4) is 5.75 Å². The largest absolute Gasteiger partial charge is 0.489 e. The van der Waals surface area contributed by atoms with E-state index in [2.05, 4.69) is 53.1 Å². The number of hydrogen-bond acceptors (Lipinski definition) is 3. The maximum atomic E-state index is 12.7. The quantitative estimate of drug-likeness (QED) is 0.468. The second-order valence-electron chi connectivity index (χ2n) is 8.23. The van der Waals surface area contributed by atoms with E-state index in [1.807, 2.05) is 18.2 Å². The molecule has 0 aromatic heterocycles. The Kier molecular flexibility index (Phi) is 6.70. The number of alkyl halides is 3. The van der Waals surface area contributed by atoms with Crippen LogP contribution in [0.25, 0.3) is 0 Å². The molecule has 0 aliphatic carbocycles. The summed E-state index contributed by atoms with van der Waals surface area (Å²) in [5.74, 6) is 0.704. The molecule has 0 unspecified atom stereocenters. The predicted octanol–water partition coefficient (Wildman–Crippen LogP) is 6.00. The van der Waals surface area contributed by atoms with Crippen molar-refractivity contribution in [3.63, 3.8) is 0 Å². The molecule has 1 aliphatic rings. The molecule has 4 rings (SSSR count). The van der Waals surface area contributed by atoms with Gasteiger partial charge >= 0.3 is 6.18 Å². The number of nitrogens with zero attached hydrogens (tertiary/aromatic N) is 2. The summed E-state index contributed by atoms with van der Waals surface area (Å²) in [6.07, 6.45) is -4.32. The van der Waals surface area contributed by atoms with E-state index in [1.165, 1.54) is 23.4 Å². The lowest BCUT2D eigenvalue weighted by molar-refractivity contribution is -0.137. The Balaban J connectivity index is 1.28. The van der Waals surface area contributed by atoms with Crippen molar-refractivity contribution in [1.29, 1.82) is 0 Å². The Labute approximate surface area is 187 Å². The Bertz CT molecular complexity index is 988. The number of benzene rings is 3. The van der Waals surface area contributed by atoms with Crippen molar-refractivity contribution < 1.29 is 17.9 Å². The normalized spacial score (nSPS) is 17.4. The van der Waals surface area contributed by atoms with Gasteiger partial charge in [-0.25, -0.2) is 0 Å². The summed E-state index contributed by atoms with van der Waals surface area (Å²) < 4.78 is 43.7. The van der Waals surface area contributed by atoms with Gasteiger partial charge < -0.3 is 9.64 Å². The van der Waals surface area contributed by atoms with Crippen LogP contribution in [-0.2, 0) is 19.3 Å². The minimum Gasteiger partial charge on any atom is -0.489 e. The Morgan fingerprint density at radius 3 is 2.12 bits per heavy atom. The first-order chi connectivity index (χ1) is 15.4. The fraction of sp³-hybridized carbons (Fsp3) is 0.308. The van der Waals surface area contributed by atoms with Gasteiger partial charge in [-0.15, -0.1) is 0 Å². The molecule has 0 bridgehead atoms. The summed E-state index contributed by atoms with van der Waals surface area (Å²) in [4.78, 5) is 4.91. The van der Waals surface area contributed by atoms with Crippen LogP contribution < -0.4 is 9.64 Å². The molecule has 0 amide bonds. The molecule has 1 fully saturated rings. The van der Waals surface area contributed by atoms with Crippen LogP contribution in [0.15, 0.2) is 78.9 Å². The number of para-hydroxylation sites is 1. The van der Waals surface area contributed by atoms with Gasteiger partial charge in [0.2, 0.25) is 0 Å². The summed E-state index contributed by atoms with van der Waals surface area (Å²) in [6, 6.07) is 24.0. The second kappa shape index (κ2) is 9.65. The lowest BCUT2D eigenvalue weighted by Gasteiger charge is -2.41. The van der Waals surface area contributed by atoms with E-state index in [-0.39, 0.29) is 6.61 Å². The van der Waals surface area contributed by atoms with Crippen molar-refractivity contribution in [1.82, 2.24) is 4.90 Å². The number of anilines is 1. The van der Waals surface area contributed by atoms with Crippen LogP contribution >= 0.6 is 0 Å². The molecule has 3 aromatic rings. The lowest BCUT2D eigenvalue weighted by atomic mass is 10.1. The molecule has 3 aromatic carbocycles. The van der Waals surface area contributed by atoms with Crippen molar-refractivity contribution in [2.75, 3.05) is 24.5 Å². The molecule has 1 saturated heterocycles. The summed E-state index contributed by atoms with van der Waals surface area (Å²) in [7, 11) is 0. The van der Waals surface area contributed by atoms with Crippen LogP contribution in [0.3, 0.4) is 0 Å². The van der Waals surface area contributed by atoms with Gasteiger partial charge in [0.1, 0.15) is 12.4 Å². The standard InChI is InChI=1S/C26H27F3N2O/c1-20-17-31(24-5-3-2-4-6-24)16-15-30(20)18-21-9-13-25(14-10-21)32-19-22-7-11-23(12-8-22)26(27,28)29/h2-14,20H,15-19H2,1H3/t20-/m0/s1. The molecule has 0 N–H and O–H groups in total. The van der Waals surface area contributed by atoms with Crippen molar-refractivity contribution in [2.45, 2.75) is 32.3 Å². The molecule has 0 radical (unpaired) electrons. The molecule has 6 heteroatoms. The van der Waals surface area contributed by atoms with E-state index in [9.17, 15) is 13.2 Å². The summed E-state index contributed by atoms with van der Waals surface area (Å²) >= 11 is 0. The highest BCUT2D eigenvalue weighted by atomic mass is 19.4. The van der Waals surface area contributed by atoms with Crippen molar-refractivity contribution >= 4 is 5.69 Å². The van der Waals surface area contributed by atoms with Crippen molar-refractivity contribution in [2.24, 2.45) is 0 Å². The van der Waals surface area contributed by atoms with Crippen LogP contribution in [0, 0.1) is 0 Å². The van der Waals surface area contributed by atoms with E-state index in [1.54, 1.807) is 0 Å². The molecule has 32 heavy (non-hydrogen) atoms. The van der Waals surface area contributed by atoms with Crippen LogP contribution in [0.1, 0.15) is 23.6 Å². The molecule has 1 atom stereocenters. The Hall–Kier alpha value is -2.99. The maximum absolute atomic E-state index is 12.7. The Morgan fingerprint density at radius 2 is 1.50 bits per heavy atom. The summed E-state index contributed by atoms with van der Waals surface area (Å²) in [5, 5.41) is 0. The fourth-order valence-electron chi connectivity index (χ4n) is 3.99. The molecular formula is C26H27F3N2O. The van der Waals surface area contributed by atoms with E-state index >= 15 is 0 Å². The van der Waals surface area contributed by atoms with E-state index < -0.39 is 11.7 Å². The van der Waals surface area contributed by atoms with Gasteiger partial charge in [-0.1, -0.05) is 42.5 Å². The third-order valence-corrected chi connectivity index (χ3v) is 5.88. The first kappa shape index (κ1) is 22.2. The van der Waals surface area contributed by atoms with Crippen LogP contribution in [0.4, 0.5) is 18.9 Å². The SMILES string of the molecule is C[C@H]1CN(c2ccccc2)CCN1Cc1ccc(OCc2ccc(C(F)(F)F)cc2)cc1. The first-order valence-corrected chi connectivity index (χ1v) is 10.8. The van der Waals surface area contributed by atoms with Crippen LogP contribution in [0.5, 0.6) is 5.75 Å². The molecule has 1 aliphatic heterocycles. The zero-order valence-electron chi connectivity index (χ0n) is 18.1. The minimum atomic E-state index is -4.32. The van der Waals surface area contributed by atoms with E-state index in [0.717, 1.165) is 38.3 Å². The first-order valence-electron chi connectivity index (χ1n) is 10.8. The van der Waals surface area contributed by atoms with Gasteiger partial charge in [0.15, 0.2) is 0 Å². The van der Waals surface area contributed by atoms with Gasteiger partial charge in [0, 0.05) is 37.9 Å². The third-order valence-electron chi connectivity index (χ3n) is 5.88. The fourth-order valence-corrected chi connectivity index (χ4v) is 3.99. The Morgan fingerprint density at radius 1 is 0.844 bits per heavy atom. The second-order valence-corrected chi connectivity index (χ2v) is 8.23. The minimum absolute atomic E-state index is 0.232. The summed E-state index contributed by atoms with van der Waals surface area (Å²) in [5.41, 5.74) is 2.54. The van der Waals surface area contributed by atoms with Gasteiger partial charge in [-0.3, -0.25) is 4.90 Å². The number of piperazine rings is 1. The molecule has 3 nitrogen and oxygen atoms in total. The highest BCUT2D eigenvalue weighted by Crippen LogP contribution is 2.29. The molecule has 0 saturated carbocycles. The maximum Gasteiger partial charge on any atom is 0.416 e. The smallest absolute Gasteiger partial charge is 0.416 e. The molecular weight excluding hydrogens is 413 g/mol. The van der Waals surface area contributed by atoms with Crippen LogP contribution in [-0.4, -0.2) is 30.6 Å². The number of halogens is 3. The van der Waals surface area contributed by atoms with Gasteiger partial charge in [0.25, 0.3) is 0 Å². The zero-order chi connectivity index (χ0) is 22.6. The monoisotopic (exact) mass is 440 g/mol. The number of rotatable bonds is 6. The van der Waals surface area contributed by atoms with Gasteiger partial charge in [-0.05, 0) is 54.4 Å². The summed E-state index contributed by atoms with van der Waals surface area (Å²) in [6.45, 7) is 6.37. The molecule has 0 spiro atoms. The molecule has 168 valence electrons. The van der Waals surface area contributed by atoms with Gasteiger partial charge in [0.05, 0.1) is 5.56 Å². The van der Waals surface area contributed by atoms with Crippen LogP contribution in [0.2, 0.25) is 0 Å². The number of hydrogen-bond donors (Lipinski definition) is 0. The number of ether oxygens (including phenoxy) is 1. The highest BCUT2D eigenvalue weighted by Gasteiger charge is 2.30. The van der Waals surface area contributed by atoms with E-state index in [4.69, 9.17) is 4.74 Å². The zero-order valence-corrected chi connectivity index (χ0v) is 18.1. The third kappa shape index (κ3) is 5.62. The average Bonchev–Trinajstić information content (AvgIpc) is 2.80.